The summed E-state index contributed by atoms with van der Waals surface area (Å²) in [6.07, 6.45) is 0. The summed E-state index contributed by atoms with van der Waals surface area (Å²) in [5.74, 6) is -1.05. The Bertz CT molecular complexity index is 767. The third-order valence-electron chi connectivity index (χ3n) is 3.04. The van der Waals surface area contributed by atoms with Crippen LogP contribution < -0.4 is 4.74 Å². The Morgan fingerprint density at radius 1 is 1.09 bits per heavy atom. The van der Waals surface area contributed by atoms with Crippen LogP contribution in [0, 0.1) is 17.0 Å². The van der Waals surface area contributed by atoms with Crippen LogP contribution in [-0.4, -0.2) is 16.7 Å². The molecule has 0 heterocycles. The van der Waals surface area contributed by atoms with Crippen molar-refractivity contribution >= 4 is 17.4 Å². The van der Waals surface area contributed by atoms with Gasteiger partial charge >= 0.3 is 5.97 Å². The molecule has 2 aromatic rings. The van der Waals surface area contributed by atoms with Gasteiger partial charge in [0.05, 0.1) is 10.5 Å². The van der Waals surface area contributed by atoms with Crippen LogP contribution in [0.4, 0.5) is 5.69 Å². The molecule has 0 atom stereocenters. The number of ketones is 1. The standard InChI is InChI=1S/C16H13NO5/c1-10-7-8-15(13(9-10)11(2)18)22-16(19)12-5-3-4-6-14(12)17(20)21/h3-9H,1-2H3. The number of carbonyl (C=O) groups is 2. The number of aryl methyl sites for hydroxylation is 1. The number of para-hydroxylation sites is 1. The molecule has 0 saturated carbocycles. The maximum Gasteiger partial charge on any atom is 0.350 e. The lowest BCUT2D eigenvalue weighted by molar-refractivity contribution is -0.385. The van der Waals surface area contributed by atoms with Crippen LogP contribution in [0.2, 0.25) is 0 Å². The van der Waals surface area contributed by atoms with Crippen LogP contribution >= 0.6 is 0 Å². The van der Waals surface area contributed by atoms with E-state index in [1.54, 1.807) is 19.1 Å². The Kier molecular flexibility index (Phi) is 4.31. The number of nitrogens with zero attached hydrogens (tertiary/aromatic N) is 1. The molecule has 0 spiro atoms. The fraction of sp³-hybridized carbons (Fsp3) is 0.125. The van der Waals surface area contributed by atoms with E-state index < -0.39 is 10.9 Å². The fourth-order valence-corrected chi connectivity index (χ4v) is 1.97. The Morgan fingerprint density at radius 3 is 2.41 bits per heavy atom. The van der Waals surface area contributed by atoms with Gasteiger partial charge in [-0.25, -0.2) is 4.79 Å². The van der Waals surface area contributed by atoms with E-state index in [2.05, 4.69) is 0 Å². The van der Waals surface area contributed by atoms with Crippen LogP contribution in [0.25, 0.3) is 0 Å². The first-order valence-corrected chi connectivity index (χ1v) is 6.47. The number of Topliss-reactive ketones (excluding diaryl/α,β-unsaturated/α-hetero) is 1. The summed E-state index contributed by atoms with van der Waals surface area (Å²) in [5.41, 5.74) is 0.592. The molecule has 0 aliphatic heterocycles. The third kappa shape index (κ3) is 3.17. The Balaban J connectivity index is 2.38. The molecule has 2 aromatic carbocycles. The molecule has 0 radical (unpaired) electrons. The van der Waals surface area contributed by atoms with E-state index in [0.717, 1.165) is 5.56 Å². The number of hydrogen-bond donors (Lipinski definition) is 0. The lowest BCUT2D eigenvalue weighted by Gasteiger charge is -2.09. The normalized spacial score (nSPS) is 10.1. The predicted octanol–water partition coefficient (Wildman–Crippen LogP) is 3.33. The molecule has 0 saturated heterocycles. The van der Waals surface area contributed by atoms with Crippen molar-refractivity contribution in [2.75, 3.05) is 0 Å². The van der Waals surface area contributed by atoms with Gasteiger partial charge in [0.2, 0.25) is 0 Å². The van der Waals surface area contributed by atoms with Gasteiger partial charge in [-0.15, -0.1) is 0 Å². The average Bonchev–Trinajstić information content (AvgIpc) is 2.48. The SMILES string of the molecule is CC(=O)c1cc(C)ccc1OC(=O)c1ccccc1[N+](=O)[O-]. The van der Waals surface area contributed by atoms with Crippen LogP contribution in [0.15, 0.2) is 42.5 Å². The van der Waals surface area contributed by atoms with E-state index in [1.165, 1.54) is 37.3 Å². The van der Waals surface area contributed by atoms with E-state index in [4.69, 9.17) is 4.74 Å². The number of benzene rings is 2. The molecule has 0 N–H and O–H groups in total. The molecule has 112 valence electrons. The number of ether oxygens (including phenoxy) is 1. The van der Waals surface area contributed by atoms with Crippen molar-refractivity contribution in [3.8, 4) is 5.75 Å². The van der Waals surface area contributed by atoms with Gasteiger partial charge in [0.25, 0.3) is 5.69 Å². The van der Waals surface area contributed by atoms with Crippen molar-refractivity contribution in [2.45, 2.75) is 13.8 Å². The molecule has 0 aliphatic rings. The smallest absolute Gasteiger partial charge is 0.350 e. The van der Waals surface area contributed by atoms with Crippen LogP contribution in [-0.2, 0) is 0 Å². The van der Waals surface area contributed by atoms with E-state index >= 15 is 0 Å². The Hall–Kier alpha value is -3.02. The van der Waals surface area contributed by atoms with Gasteiger partial charge < -0.3 is 4.74 Å². The van der Waals surface area contributed by atoms with Gasteiger partial charge in [0.1, 0.15) is 11.3 Å². The molecule has 0 aliphatic carbocycles. The second-order valence-corrected chi connectivity index (χ2v) is 4.72. The van der Waals surface area contributed by atoms with Crippen molar-refractivity contribution in [1.82, 2.24) is 0 Å². The predicted molar refractivity (Wildman–Crippen MR) is 79.2 cm³/mol. The highest BCUT2D eigenvalue weighted by atomic mass is 16.6. The number of nitro groups is 1. The van der Waals surface area contributed by atoms with Crippen molar-refractivity contribution in [2.24, 2.45) is 0 Å². The lowest BCUT2D eigenvalue weighted by atomic mass is 10.1. The van der Waals surface area contributed by atoms with Crippen molar-refractivity contribution in [3.05, 3.63) is 69.3 Å². The molecular formula is C16H13NO5. The zero-order chi connectivity index (χ0) is 16.3. The van der Waals surface area contributed by atoms with Gasteiger partial charge in [-0.3, -0.25) is 14.9 Å². The van der Waals surface area contributed by atoms with E-state index in [-0.39, 0.29) is 28.3 Å². The van der Waals surface area contributed by atoms with Crippen molar-refractivity contribution in [1.29, 1.82) is 0 Å². The highest BCUT2D eigenvalue weighted by Crippen LogP contribution is 2.24. The van der Waals surface area contributed by atoms with Crippen LogP contribution in [0.5, 0.6) is 5.75 Å². The zero-order valence-electron chi connectivity index (χ0n) is 12.0. The maximum atomic E-state index is 12.2. The van der Waals surface area contributed by atoms with E-state index in [1.807, 2.05) is 0 Å². The largest absolute Gasteiger partial charge is 0.422 e. The first kappa shape index (κ1) is 15.4. The van der Waals surface area contributed by atoms with Crippen LogP contribution in [0.3, 0.4) is 0 Å². The monoisotopic (exact) mass is 299 g/mol. The molecule has 0 amide bonds. The minimum Gasteiger partial charge on any atom is -0.422 e. The molecule has 0 bridgehead atoms. The zero-order valence-corrected chi connectivity index (χ0v) is 12.0. The number of esters is 1. The highest BCUT2D eigenvalue weighted by Gasteiger charge is 2.22. The Morgan fingerprint density at radius 2 is 1.77 bits per heavy atom. The first-order chi connectivity index (χ1) is 10.4. The van der Waals surface area contributed by atoms with Crippen molar-refractivity contribution < 1.29 is 19.2 Å². The summed E-state index contributed by atoms with van der Waals surface area (Å²) < 4.78 is 5.17. The molecule has 6 nitrogen and oxygen atoms in total. The third-order valence-corrected chi connectivity index (χ3v) is 3.04. The number of hydrogen-bond acceptors (Lipinski definition) is 5. The summed E-state index contributed by atoms with van der Waals surface area (Å²) >= 11 is 0. The number of nitro benzene ring substituents is 1. The molecule has 6 heteroatoms. The minimum atomic E-state index is -0.876. The van der Waals surface area contributed by atoms with Gasteiger partial charge in [-0.05, 0) is 32.0 Å². The van der Waals surface area contributed by atoms with E-state index in [9.17, 15) is 19.7 Å². The Labute approximate surface area is 126 Å². The highest BCUT2D eigenvalue weighted by molar-refractivity contribution is 6.00. The van der Waals surface area contributed by atoms with Gasteiger partial charge in [0, 0.05) is 6.07 Å². The molecule has 0 unspecified atom stereocenters. The number of carbonyl (C=O) groups excluding carboxylic acids is 2. The van der Waals surface area contributed by atoms with Crippen molar-refractivity contribution in [3.63, 3.8) is 0 Å². The summed E-state index contributed by atoms with van der Waals surface area (Å²) in [5, 5.41) is 10.9. The van der Waals surface area contributed by atoms with E-state index in [0.29, 0.717) is 0 Å². The summed E-state index contributed by atoms with van der Waals surface area (Å²) in [7, 11) is 0. The second kappa shape index (κ2) is 6.17. The molecule has 22 heavy (non-hydrogen) atoms. The summed E-state index contributed by atoms with van der Waals surface area (Å²) in [4.78, 5) is 34.1. The van der Waals surface area contributed by atoms with Gasteiger partial charge in [-0.2, -0.15) is 0 Å². The minimum absolute atomic E-state index is 0.0845. The van der Waals surface area contributed by atoms with Gasteiger partial charge in [0.15, 0.2) is 5.78 Å². The maximum absolute atomic E-state index is 12.2. The lowest BCUT2D eigenvalue weighted by Crippen LogP contribution is -2.13. The summed E-state index contributed by atoms with van der Waals surface area (Å²) in [6.45, 7) is 3.16. The molecule has 0 aromatic heterocycles. The van der Waals surface area contributed by atoms with Crippen LogP contribution in [0.1, 0.15) is 33.2 Å². The quantitative estimate of drug-likeness (QED) is 0.284. The molecular weight excluding hydrogens is 286 g/mol. The molecule has 2 rings (SSSR count). The summed E-state index contributed by atoms with van der Waals surface area (Å²) in [6, 6.07) is 10.3. The number of rotatable bonds is 4. The van der Waals surface area contributed by atoms with Gasteiger partial charge in [-0.1, -0.05) is 23.8 Å². The first-order valence-electron chi connectivity index (χ1n) is 6.47. The molecule has 0 fully saturated rings. The fourth-order valence-electron chi connectivity index (χ4n) is 1.97. The second-order valence-electron chi connectivity index (χ2n) is 4.72. The topological polar surface area (TPSA) is 86.5 Å². The average molecular weight is 299 g/mol.